The van der Waals surface area contributed by atoms with E-state index in [4.69, 9.17) is 10.8 Å². The molecule has 0 amide bonds. The molecule has 1 saturated heterocycles. The van der Waals surface area contributed by atoms with Gasteiger partial charge in [-0.1, -0.05) is 0 Å². The van der Waals surface area contributed by atoms with Crippen LogP contribution in [0.1, 0.15) is 0 Å². The number of carbonyl (C=O) groups excluding carboxylic acids is 2. The SMILES string of the molecule is N[C@]1(C(=O)CO)C(=O)OC[C@@H](O)[C@@H](O)[C@@H]1O. The Morgan fingerprint density at radius 1 is 1.50 bits per heavy atom. The van der Waals surface area contributed by atoms with Gasteiger partial charge in [0.15, 0.2) is 5.78 Å². The van der Waals surface area contributed by atoms with Crippen molar-refractivity contribution in [3.63, 3.8) is 0 Å². The highest BCUT2D eigenvalue weighted by Crippen LogP contribution is 2.20. The van der Waals surface area contributed by atoms with Crippen molar-refractivity contribution in [2.45, 2.75) is 23.9 Å². The number of hydrogen-bond donors (Lipinski definition) is 5. The number of hydrogen-bond acceptors (Lipinski definition) is 8. The molecule has 8 heteroatoms. The average molecular weight is 235 g/mol. The van der Waals surface area contributed by atoms with Gasteiger partial charge in [0.1, 0.15) is 31.5 Å². The molecule has 8 nitrogen and oxygen atoms in total. The number of ketones is 1. The fourth-order valence-corrected chi connectivity index (χ4v) is 1.39. The zero-order chi connectivity index (χ0) is 12.5. The van der Waals surface area contributed by atoms with Gasteiger partial charge in [-0.25, -0.2) is 4.79 Å². The first-order valence-electron chi connectivity index (χ1n) is 4.50. The quantitative estimate of drug-likeness (QED) is 0.239. The molecule has 0 spiro atoms. The van der Waals surface area contributed by atoms with Crippen LogP contribution in [0.2, 0.25) is 0 Å². The Morgan fingerprint density at radius 2 is 2.06 bits per heavy atom. The molecular weight excluding hydrogens is 222 g/mol. The van der Waals surface area contributed by atoms with Gasteiger partial charge in [-0.15, -0.1) is 0 Å². The molecule has 0 aliphatic carbocycles. The lowest BCUT2D eigenvalue weighted by molar-refractivity contribution is -0.159. The molecule has 1 heterocycles. The van der Waals surface area contributed by atoms with Gasteiger partial charge in [-0.2, -0.15) is 0 Å². The van der Waals surface area contributed by atoms with Gasteiger partial charge >= 0.3 is 5.97 Å². The Balaban J connectivity index is 3.12. The maximum absolute atomic E-state index is 11.4. The van der Waals surface area contributed by atoms with Crippen molar-refractivity contribution in [2.24, 2.45) is 5.73 Å². The van der Waals surface area contributed by atoms with Crippen LogP contribution in [0, 0.1) is 0 Å². The predicted molar refractivity (Wildman–Crippen MR) is 48.0 cm³/mol. The lowest BCUT2D eigenvalue weighted by Crippen LogP contribution is -2.67. The summed E-state index contributed by atoms with van der Waals surface area (Å²) in [6.07, 6.45) is -5.40. The second-order valence-electron chi connectivity index (χ2n) is 3.55. The molecule has 0 bridgehead atoms. The molecule has 0 aromatic carbocycles. The zero-order valence-electron chi connectivity index (χ0n) is 8.24. The smallest absolute Gasteiger partial charge is 0.336 e. The summed E-state index contributed by atoms with van der Waals surface area (Å²) in [5.74, 6) is -2.49. The van der Waals surface area contributed by atoms with Crippen molar-refractivity contribution >= 4 is 11.8 Å². The standard InChI is InChI=1S/C8H13NO7/c9-8(4(12)1-10)6(14)5(13)3(11)2-16-7(8)15/h3,5-6,10-11,13-14H,1-2,9H2/t3-,5-,6+,8+/m1/s1. The van der Waals surface area contributed by atoms with Crippen molar-refractivity contribution in [2.75, 3.05) is 13.2 Å². The molecule has 6 N–H and O–H groups in total. The van der Waals surface area contributed by atoms with E-state index in [-0.39, 0.29) is 0 Å². The Hall–Kier alpha value is -1.06. The lowest BCUT2D eigenvalue weighted by Gasteiger charge is -2.30. The van der Waals surface area contributed by atoms with Gasteiger partial charge in [0.05, 0.1) is 0 Å². The van der Waals surface area contributed by atoms with E-state index in [0.29, 0.717) is 0 Å². The number of esters is 1. The van der Waals surface area contributed by atoms with Gasteiger partial charge in [0.25, 0.3) is 0 Å². The number of nitrogens with two attached hydrogens (primary N) is 1. The zero-order valence-corrected chi connectivity index (χ0v) is 8.24. The van der Waals surface area contributed by atoms with Crippen LogP contribution in [0.4, 0.5) is 0 Å². The van der Waals surface area contributed by atoms with Crippen molar-refractivity contribution in [1.82, 2.24) is 0 Å². The minimum absolute atomic E-state index is 0.589. The van der Waals surface area contributed by atoms with Crippen LogP contribution in [-0.2, 0) is 14.3 Å². The highest BCUT2D eigenvalue weighted by Gasteiger charge is 2.55. The van der Waals surface area contributed by atoms with E-state index in [1.807, 2.05) is 0 Å². The van der Waals surface area contributed by atoms with Crippen LogP contribution in [0.15, 0.2) is 0 Å². The Kier molecular flexibility index (Phi) is 3.61. The second kappa shape index (κ2) is 4.44. The highest BCUT2D eigenvalue weighted by atomic mass is 16.6. The number of aliphatic hydroxyl groups is 4. The van der Waals surface area contributed by atoms with Crippen LogP contribution in [0.3, 0.4) is 0 Å². The Labute approximate surface area is 90.2 Å². The number of aliphatic hydroxyl groups excluding tert-OH is 4. The monoisotopic (exact) mass is 235 g/mol. The molecule has 0 aromatic heterocycles. The van der Waals surface area contributed by atoms with Gasteiger partial charge in [-0.3, -0.25) is 4.79 Å². The molecule has 92 valence electrons. The van der Waals surface area contributed by atoms with Gasteiger partial charge in [0.2, 0.25) is 5.54 Å². The van der Waals surface area contributed by atoms with Crippen LogP contribution >= 0.6 is 0 Å². The van der Waals surface area contributed by atoms with Crippen molar-refractivity contribution in [3.05, 3.63) is 0 Å². The van der Waals surface area contributed by atoms with Crippen molar-refractivity contribution < 1.29 is 34.8 Å². The Bertz CT molecular complexity index is 307. The molecule has 0 aromatic rings. The van der Waals surface area contributed by atoms with Gasteiger partial charge < -0.3 is 30.9 Å². The molecule has 4 atom stereocenters. The second-order valence-corrected chi connectivity index (χ2v) is 3.55. The topological polar surface area (TPSA) is 150 Å². The van der Waals surface area contributed by atoms with Crippen molar-refractivity contribution in [1.29, 1.82) is 0 Å². The molecule has 0 radical (unpaired) electrons. The van der Waals surface area contributed by atoms with E-state index < -0.39 is 48.8 Å². The maximum atomic E-state index is 11.4. The third-order valence-electron chi connectivity index (χ3n) is 2.51. The first-order chi connectivity index (χ1) is 7.35. The van der Waals surface area contributed by atoms with Crippen LogP contribution in [-0.4, -0.2) is 69.2 Å². The summed E-state index contributed by atoms with van der Waals surface area (Å²) in [5.41, 5.74) is 2.78. The summed E-state index contributed by atoms with van der Waals surface area (Å²) >= 11 is 0. The predicted octanol–water partition coefficient (Wildman–Crippen LogP) is -4.12. The highest BCUT2D eigenvalue weighted by molar-refractivity contribution is 6.09. The van der Waals surface area contributed by atoms with Gasteiger partial charge in [-0.05, 0) is 0 Å². The molecule has 1 rings (SSSR count). The molecular formula is C8H13NO7. The summed E-state index contributed by atoms with van der Waals surface area (Å²) in [4.78, 5) is 22.7. The minimum Gasteiger partial charge on any atom is -0.461 e. The number of rotatable bonds is 2. The summed E-state index contributed by atoms with van der Waals surface area (Å²) in [6, 6.07) is 0. The molecule has 1 aliphatic heterocycles. The average Bonchev–Trinajstić information content (AvgIpc) is 2.36. The summed E-state index contributed by atoms with van der Waals surface area (Å²) in [5, 5.41) is 36.8. The molecule has 0 unspecified atom stereocenters. The molecule has 16 heavy (non-hydrogen) atoms. The van der Waals surface area contributed by atoms with E-state index in [9.17, 15) is 24.9 Å². The third kappa shape index (κ3) is 1.81. The lowest BCUT2D eigenvalue weighted by atomic mass is 9.85. The third-order valence-corrected chi connectivity index (χ3v) is 2.51. The maximum Gasteiger partial charge on any atom is 0.336 e. The number of Topliss-reactive ketones (excluding diaryl/α,β-unsaturated/α-hetero) is 1. The summed E-state index contributed by atoms with van der Waals surface area (Å²) in [6.45, 7) is -1.68. The fourth-order valence-electron chi connectivity index (χ4n) is 1.39. The van der Waals surface area contributed by atoms with Crippen LogP contribution in [0.5, 0.6) is 0 Å². The Morgan fingerprint density at radius 3 is 2.56 bits per heavy atom. The number of ether oxygens (including phenoxy) is 1. The fraction of sp³-hybridized carbons (Fsp3) is 0.750. The first kappa shape index (κ1) is 13.0. The summed E-state index contributed by atoms with van der Waals surface area (Å²) in [7, 11) is 0. The number of carbonyl (C=O) groups is 2. The van der Waals surface area contributed by atoms with Crippen LogP contribution < -0.4 is 5.73 Å². The summed E-state index contributed by atoms with van der Waals surface area (Å²) < 4.78 is 4.43. The molecule has 0 saturated carbocycles. The van der Waals surface area contributed by atoms with Crippen molar-refractivity contribution in [3.8, 4) is 0 Å². The first-order valence-corrected chi connectivity index (χ1v) is 4.50. The van der Waals surface area contributed by atoms with E-state index in [1.54, 1.807) is 0 Å². The van der Waals surface area contributed by atoms with E-state index in [2.05, 4.69) is 4.74 Å². The van der Waals surface area contributed by atoms with Crippen LogP contribution in [0.25, 0.3) is 0 Å². The van der Waals surface area contributed by atoms with E-state index in [1.165, 1.54) is 0 Å². The van der Waals surface area contributed by atoms with E-state index >= 15 is 0 Å². The normalized spacial score (nSPS) is 40.1. The number of cyclic esters (lactones) is 1. The molecule has 1 aliphatic rings. The largest absolute Gasteiger partial charge is 0.461 e. The van der Waals surface area contributed by atoms with Gasteiger partial charge in [0, 0.05) is 0 Å². The molecule has 1 fully saturated rings. The minimum atomic E-state index is -2.56. The van der Waals surface area contributed by atoms with E-state index in [0.717, 1.165) is 0 Å².